The lowest BCUT2D eigenvalue weighted by Gasteiger charge is -2.11. The fraction of sp³-hybridized carbons (Fsp3) is 0.778. The SMILES string of the molecule is COCCn1cnnc1[C@H]1C[C@@H](O)CN1. The van der Waals surface area contributed by atoms with Gasteiger partial charge in [0.15, 0.2) is 0 Å². The van der Waals surface area contributed by atoms with Crippen LogP contribution in [0.15, 0.2) is 6.33 Å². The van der Waals surface area contributed by atoms with Gasteiger partial charge in [0.25, 0.3) is 0 Å². The number of aromatic nitrogens is 3. The van der Waals surface area contributed by atoms with Gasteiger partial charge >= 0.3 is 0 Å². The van der Waals surface area contributed by atoms with Crippen molar-refractivity contribution in [3.63, 3.8) is 0 Å². The molecule has 0 radical (unpaired) electrons. The molecule has 2 heterocycles. The van der Waals surface area contributed by atoms with Gasteiger partial charge in [-0.2, -0.15) is 0 Å². The molecule has 0 unspecified atom stereocenters. The van der Waals surface area contributed by atoms with E-state index in [1.54, 1.807) is 13.4 Å². The summed E-state index contributed by atoms with van der Waals surface area (Å²) in [6.45, 7) is 2.01. The van der Waals surface area contributed by atoms with Gasteiger partial charge in [0, 0.05) is 20.2 Å². The minimum atomic E-state index is -0.275. The van der Waals surface area contributed by atoms with Crippen LogP contribution in [-0.4, -0.2) is 46.2 Å². The molecule has 2 rings (SSSR count). The number of ether oxygens (including phenoxy) is 1. The standard InChI is InChI=1S/C9H16N4O2/c1-15-3-2-13-6-11-12-9(13)8-4-7(14)5-10-8/h6-8,10,14H,2-5H2,1H3/t7-,8-/m1/s1. The predicted molar refractivity (Wildman–Crippen MR) is 53.3 cm³/mol. The molecule has 0 aromatic carbocycles. The van der Waals surface area contributed by atoms with Crippen molar-refractivity contribution >= 4 is 0 Å². The van der Waals surface area contributed by atoms with Crippen LogP contribution in [0.1, 0.15) is 18.3 Å². The smallest absolute Gasteiger partial charge is 0.150 e. The van der Waals surface area contributed by atoms with Crippen LogP contribution in [0.4, 0.5) is 0 Å². The number of nitrogens with one attached hydrogen (secondary N) is 1. The zero-order valence-corrected chi connectivity index (χ0v) is 8.76. The van der Waals surface area contributed by atoms with Gasteiger partial charge in [-0.1, -0.05) is 0 Å². The van der Waals surface area contributed by atoms with Gasteiger partial charge in [0.2, 0.25) is 0 Å². The topological polar surface area (TPSA) is 72.2 Å². The molecule has 0 aliphatic carbocycles. The number of methoxy groups -OCH3 is 1. The molecule has 0 saturated carbocycles. The summed E-state index contributed by atoms with van der Waals surface area (Å²) in [4.78, 5) is 0. The van der Waals surface area contributed by atoms with Crippen LogP contribution in [-0.2, 0) is 11.3 Å². The van der Waals surface area contributed by atoms with Gasteiger partial charge in [-0.05, 0) is 6.42 Å². The number of hydrogen-bond donors (Lipinski definition) is 2. The van der Waals surface area contributed by atoms with E-state index < -0.39 is 0 Å². The first-order valence-electron chi connectivity index (χ1n) is 5.09. The number of aliphatic hydroxyl groups is 1. The van der Waals surface area contributed by atoms with E-state index in [2.05, 4.69) is 15.5 Å². The highest BCUT2D eigenvalue weighted by Gasteiger charge is 2.27. The summed E-state index contributed by atoms with van der Waals surface area (Å²) in [6.07, 6.45) is 2.12. The normalized spacial score (nSPS) is 26.0. The molecule has 2 atom stereocenters. The Bertz CT molecular complexity index is 315. The molecule has 15 heavy (non-hydrogen) atoms. The predicted octanol–water partition coefficient (Wildman–Crippen LogP) is -0.680. The van der Waals surface area contributed by atoms with E-state index in [-0.39, 0.29) is 12.1 Å². The van der Waals surface area contributed by atoms with E-state index in [1.807, 2.05) is 4.57 Å². The largest absolute Gasteiger partial charge is 0.392 e. The second-order valence-electron chi connectivity index (χ2n) is 3.73. The molecule has 0 spiro atoms. The molecule has 1 fully saturated rings. The molecule has 0 amide bonds. The van der Waals surface area contributed by atoms with Crippen molar-refractivity contribution in [1.29, 1.82) is 0 Å². The van der Waals surface area contributed by atoms with E-state index >= 15 is 0 Å². The first-order valence-corrected chi connectivity index (χ1v) is 5.09. The van der Waals surface area contributed by atoms with E-state index in [0.29, 0.717) is 19.6 Å². The van der Waals surface area contributed by atoms with Crippen LogP contribution in [0.25, 0.3) is 0 Å². The van der Waals surface area contributed by atoms with Gasteiger partial charge in [-0.25, -0.2) is 0 Å². The van der Waals surface area contributed by atoms with Gasteiger partial charge in [-0.15, -0.1) is 10.2 Å². The minimum Gasteiger partial charge on any atom is -0.392 e. The second-order valence-corrected chi connectivity index (χ2v) is 3.73. The molecular formula is C9H16N4O2. The van der Waals surface area contributed by atoms with Crippen molar-refractivity contribution in [3.8, 4) is 0 Å². The minimum absolute atomic E-state index is 0.111. The third-order valence-corrected chi connectivity index (χ3v) is 2.60. The molecule has 1 aromatic rings. The van der Waals surface area contributed by atoms with Crippen LogP contribution in [0.3, 0.4) is 0 Å². The van der Waals surface area contributed by atoms with Crippen molar-refractivity contribution in [1.82, 2.24) is 20.1 Å². The molecular weight excluding hydrogens is 196 g/mol. The monoisotopic (exact) mass is 212 g/mol. The lowest BCUT2D eigenvalue weighted by Crippen LogP contribution is -2.19. The van der Waals surface area contributed by atoms with Gasteiger partial charge in [-0.3, -0.25) is 0 Å². The average Bonchev–Trinajstić information content (AvgIpc) is 2.82. The average molecular weight is 212 g/mol. The molecule has 1 aliphatic heterocycles. The Morgan fingerprint density at radius 2 is 2.60 bits per heavy atom. The van der Waals surface area contributed by atoms with E-state index in [4.69, 9.17) is 4.74 Å². The maximum Gasteiger partial charge on any atom is 0.150 e. The van der Waals surface area contributed by atoms with Crippen LogP contribution in [0.2, 0.25) is 0 Å². The van der Waals surface area contributed by atoms with E-state index in [0.717, 1.165) is 12.4 Å². The summed E-state index contributed by atoms with van der Waals surface area (Å²) in [5.41, 5.74) is 0. The third-order valence-electron chi connectivity index (χ3n) is 2.60. The highest BCUT2D eigenvalue weighted by Crippen LogP contribution is 2.21. The fourth-order valence-corrected chi connectivity index (χ4v) is 1.81. The van der Waals surface area contributed by atoms with Crippen molar-refractivity contribution in [3.05, 3.63) is 12.2 Å². The quantitative estimate of drug-likeness (QED) is 0.692. The van der Waals surface area contributed by atoms with Crippen LogP contribution < -0.4 is 5.32 Å². The highest BCUT2D eigenvalue weighted by molar-refractivity contribution is 4.99. The van der Waals surface area contributed by atoms with Crippen LogP contribution in [0.5, 0.6) is 0 Å². The number of nitrogens with zero attached hydrogens (tertiary/aromatic N) is 3. The lowest BCUT2D eigenvalue weighted by molar-refractivity contribution is 0.184. The maximum absolute atomic E-state index is 9.42. The molecule has 84 valence electrons. The fourth-order valence-electron chi connectivity index (χ4n) is 1.81. The summed E-state index contributed by atoms with van der Waals surface area (Å²) in [5, 5.41) is 20.6. The summed E-state index contributed by atoms with van der Waals surface area (Å²) >= 11 is 0. The van der Waals surface area contributed by atoms with Crippen molar-refractivity contribution in [2.24, 2.45) is 0 Å². The number of hydrogen-bond acceptors (Lipinski definition) is 5. The van der Waals surface area contributed by atoms with E-state index in [1.165, 1.54) is 0 Å². The Balaban J connectivity index is 2.04. The number of aliphatic hydroxyl groups excluding tert-OH is 1. The summed E-state index contributed by atoms with van der Waals surface area (Å²) in [5.74, 6) is 0.878. The van der Waals surface area contributed by atoms with Crippen molar-refractivity contribution < 1.29 is 9.84 Å². The van der Waals surface area contributed by atoms with Crippen molar-refractivity contribution in [2.45, 2.75) is 25.1 Å². The van der Waals surface area contributed by atoms with Crippen molar-refractivity contribution in [2.75, 3.05) is 20.3 Å². The molecule has 1 saturated heterocycles. The lowest BCUT2D eigenvalue weighted by atomic mass is 10.2. The van der Waals surface area contributed by atoms with Crippen LogP contribution in [0, 0.1) is 0 Å². The molecule has 6 nitrogen and oxygen atoms in total. The molecule has 1 aliphatic rings. The Kier molecular flexibility index (Phi) is 3.30. The van der Waals surface area contributed by atoms with Gasteiger partial charge in [0.1, 0.15) is 12.2 Å². The Labute approximate surface area is 88.3 Å². The molecule has 0 bridgehead atoms. The first kappa shape index (κ1) is 10.5. The zero-order chi connectivity index (χ0) is 10.7. The van der Waals surface area contributed by atoms with Gasteiger partial charge < -0.3 is 19.7 Å². The second kappa shape index (κ2) is 4.69. The van der Waals surface area contributed by atoms with E-state index in [9.17, 15) is 5.11 Å². The summed E-state index contributed by atoms with van der Waals surface area (Å²) in [6, 6.07) is 0.111. The Hall–Kier alpha value is -0.980. The number of β-amino-alcohol motifs (C(OH)–C–C–N with tert-alkyl or cyclic N) is 1. The van der Waals surface area contributed by atoms with Gasteiger partial charge in [0.05, 0.1) is 18.8 Å². The third kappa shape index (κ3) is 2.34. The summed E-state index contributed by atoms with van der Waals surface area (Å²) < 4.78 is 6.97. The Morgan fingerprint density at radius 3 is 3.27 bits per heavy atom. The zero-order valence-electron chi connectivity index (χ0n) is 8.76. The first-order chi connectivity index (χ1) is 7.31. The maximum atomic E-state index is 9.42. The number of rotatable bonds is 4. The molecule has 1 aromatic heterocycles. The Morgan fingerprint density at radius 1 is 1.73 bits per heavy atom. The molecule has 2 N–H and O–H groups in total. The van der Waals surface area contributed by atoms with Crippen LogP contribution >= 0.6 is 0 Å². The summed E-state index contributed by atoms with van der Waals surface area (Å²) in [7, 11) is 1.67. The highest BCUT2D eigenvalue weighted by atomic mass is 16.5. The molecule has 6 heteroatoms.